The van der Waals surface area contributed by atoms with Crippen LogP contribution < -0.4 is 10.2 Å². The molecule has 1 aromatic carbocycles. The van der Waals surface area contributed by atoms with E-state index in [-0.39, 0.29) is 0 Å². The standard InChI is InChI=1S/C22H29N5OSi/c1-22(2,3)29(4)27-9-8-16-17(6-5-7-19(16)27)20-24-13-18-21(25-20)26-10-11-28-14-15(26)12-23-18/h5-9,13,15,23,29H,10-12,14H2,1-4H3. The molecule has 2 aliphatic heterocycles. The van der Waals surface area contributed by atoms with Gasteiger partial charge in [0.05, 0.1) is 31.1 Å². The number of nitrogens with zero attached hydrogens (tertiary/aromatic N) is 4. The zero-order valence-electron chi connectivity index (χ0n) is 17.6. The van der Waals surface area contributed by atoms with Crippen LogP contribution in [0.2, 0.25) is 11.6 Å². The fraction of sp³-hybridized carbons (Fsp3) is 0.455. The average Bonchev–Trinajstić information content (AvgIpc) is 3.16. The van der Waals surface area contributed by atoms with E-state index in [0.717, 1.165) is 49.2 Å². The van der Waals surface area contributed by atoms with E-state index in [4.69, 9.17) is 14.7 Å². The first kappa shape index (κ1) is 18.6. The van der Waals surface area contributed by atoms with Crippen LogP contribution in [0.3, 0.4) is 0 Å². The Bertz CT molecular complexity index is 1060. The Labute approximate surface area is 173 Å². The topological polar surface area (TPSA) is 55.2 Å². The van der Waals surface area contributed by atoms with Gasteiger partial charge in [-0.3, -0.25) is 0 Å². The molecule has 6 nitrogen and oxygen atoms in total. The average molecular weight is 408 g/mol. The molecule has 2 aliphatic rings. The molecule has 5 rings (SSSR count). The lowest BCUT2D eigenvalue weighted by Crippen LogP contribution is -2.52. The van der Waals surface area contributed by atoms with Crippen molar-refractivity contribution in [2.24, 2.45) is 0 Å². The van der Waals surface area contributed by atoms with E-state index in [1.165, 1.54) is 10.9 Å². The lowest BCUT2D eigenvalue weighted by Gasteiger charge is -2.41. The van der Waals surface area contributed by atoms with Gasteiger partial charge in [0.1, 0.15) is 8.96 Å². The molecule has 1 fully saturated rings. The molecule has 152 valence electrons. The minimum Gasteiger partial charge on any atom is -0.379 e. The molecule has 2 atom stereocenters. The Balaban J connectivity index is 1.59. The summed E-state index contributed by atoms with van der Waals surface area (Å²) in [4.78, 5) is 12.1. The molecule has 1 saturated heterocycles. The number of morpholine rings is 1. The van der Waals surface area contributed by atoms with Gasteiger partial charge in [-0.05, 0) is 23.4 Å². The quantitative estimate of drug-likeness (QED) is 0.656. The smallest absolute Gasteiger partial charge is 0.162 e. The van der Waals surface area contributed by atoms with Gasteiger partial charge in [-0.2, -0.15) is 0 Å². The molecule has 0 aliphatic carbocycles. The zero-order chi connectivity index (χ0) is 20.2. The summed E-state index contributed by atoms with van der Waals surface area (Å²) in [5.74, 6) is 1.80. The molecule has 1 N–H and O–H groups in total. The van der Waals surface area contributed by atoms with Crippen molar-refractivity contribution in [3.63, 3.8) is 0 Å². The van der Waals surface area contributed by atoms with Crippen molar-refractivity contribution >= 4 is 31.4 Å². The van der Waals surface area contributed by atoms with Gasteiger partial charge >= 0.3 is 0 Å². The summed E-state index contributed by atoms with van der Waals surface area (Å²) < 4.78 is 8.17. The van der Waals surface area contributed by atoms with Crippen molar-refractivity contribution in [1.82, 2.24) is 14.2 Å². The number of fused-ring (bicyclic) bond motifs is 4. The molecule has 0 spiro atoms. The summed E-state index contributed by atoms with van der Waals surface area (Å²) in [6, 6.07) is 9.08. The summed E-state index contributed by atoms with van der Waals surface area (Å²) in [7, 11) is -1.16. The van der Waals surface area contributed by atoms with Crippen molar-refractivity contribution in [2.45, 2.75) is 38.4 Å². The van der Waals surface area contributed by atoms with Gasteiger partial charge < -0.3 is 19.2 Å². The van der Waals surface area contributed by atoms with Crippen LogP contribution in [0.5, 0.6) is 0 Å². The maximum absolute atomic E-state index is 5.66. The SMILES string of the molecule is C[SiH](n1ccc2c(-c3ncc4c(n3)N3CCOCC3CN4)cccc21)C(C)(C)C. The third-order valence-corrected chi connectivity index (χ3v) is 10.3. The van der Waals surface area contributed by atoms with E-state index < -0.39 is 8.96 Å². The van der Waals surface area contributed by atoms with Crippen LogP contribution in [0.1, 0.15) is 20.8 Å². The third-order valence-electron chi connectivity index (χ3n) is 6.47. The Morgan fingerprint density at radius 1 is 1.24 bits per heavy atom. The van der Waals surface area contributed by atoms with Crippen LogP contribution in [-0.4, -0.2) is 55.5 Å². The first-order valence-corrected chi connectivity index (χ1v) is 12.7. The molecule has 0 saturated carbocycles. The summed E-state index contributed by atoms with van der Waals surface area (Å²) in [6.07, 6.45) is 4.19. The summed E-state index contributed by atoms with van der Waals surface area (Å²) in [5, 5.41) is 5.02. The maximum atomic E-state index is 5.66. The third kappa shape index (κ3) is 3.13. The normalized spacial score (nSPS) is 20.1. The number of ether oxygens (including phenoxy) is 1. The molecule has 29 heavy (non-hydrogen) atoms. The highest BCUT2D eigenvalue weighted by Crippen LogP contribution is 2.36. The van der Waals surface area contributed by atoms with Crippen molar-refractivity contribution in [2.75, 3.05) is 36.5 Å². The highest BCUT2D eigenvalue weighted by Gasteiger charge is 2.31. The van der Waals surface area contributed by atoms with Crippen LogP contribution in [-0.2, 0) is 4.74 Å². The van der Waals surface area contributed by atoms with E-state index in [1.807, 2.05) is 6.20 Å². The molecule has 0 bridgehead atoms. The molecule has 7 heteroatoms. The lowest BCUT2D eigenvalue weighted by atomic mass is 10.1. The molecule has 2 aromatic heterocycles. The van der Waals surface area contributed by atoms with E-state index in [9.17, 15) is 0 Å². The van der Waals surface area contributed by atoms with Gasteiger partial charge in [0.15, 0.2) is 11.6 Å². The van der Waals surface area contributed by atoms with E-state index in [0.29, 0.717) is 11.1 Å². The minimum absolute atomic E-state index is 0.321. The fourth-order valence-electron chi connectivity index (χ4n) is 4.32. The van der Waals surface area contributed by atoms with E-state index in [2.05, 4.69) is 72.2 Å². The number of nitrogens with one attached hydrogen (secondary N) is 1. The van der Waals surface area contributed by atoms with Gasteiger partial charge in [0.25, 0.3) is 0 Å². The van der Waals surface area contributed by atoms with Crippen LogP contribution in [0, 0.1) is 0 Å². The van der Waals surface area contributed by atoms with Crippen molar-refractivity contribution in [3.05, 3.63) is 36.7 Å². The number of aromatic nitrogens is 3. The number of benzene rings is 1. The van der Waals surface area contributed by atoms with Gasteiger partial charge in [0.2, 0.25) is 0 Å². The summed E-state index contributed by atoms with van der Waals surface area (Å²) in [6.45, 7) is 12.7. The van der Waals surface area contributed by atoms with Gasteiger partial charge in [-0.25, -0.2) is 9.97 Å². The molecule has 0 radical (unpaired) electrons. The number of hydrogen-bond acceptors (Lipinski definition) is 5. The summed E-state index contributed by atoms with van der Waals surface area (Å²) in [5.41, 5.74) is 3.42. The zero-order valence-corrected chi connectivity index (χ0v) is 18.8. The van der Waals surface area contributed by atoms with Crippen molar-refractivity contribution in [3.8, 4) is 11.4 Å². The van der Waals surface area contributed by atoms with Gasteiger partial charge in [-0.1, -0.05) is 39.5 Å². The van der Waals surface area contributed by atoms with Crippen LogP contribution in [0.4, 0.5) is 11.5 Å². The van der Waals surface area contributed by atoms with Crippen molar-refractivity contribution in [1.29, 1.82) is 0 Å². The maximum Gasteiger partial charge on any atom is 0.162 e. The Hall–Kier alpha value is -2.38. The highest BCUT2D eigenvalue weighted by atomic mass is 28.3. The van der Waals surface area contributed by atoms with Gasteiger partial charge in [-0.15, -0.1) is 0 Å². The fourth-order valence-corrected chi connectivity index (χ4v) is 6.14. The number of rotatable bonds is 2. The molecule has 4 heterocycles. The second-order valence-corrected chi connectivity index (χ2v) is 12.9. The second kappa shape index (κ2) is 6.85. The van der Waals surface area contributed by atoms with E-state index >= 15 is 0 Å². The molecule has 0 amide bonds. The second-order valence-electron chi connectivity index (χ2n) is 9.24. The number of anilines is 2. The lowest BCUT2D eigenvalue weighted by molar-refractivity contribution is 0.0959. The molecular weight excluding hydrogens is 378 g/mol. The highest BCUT2D eigenvalue weighted by molar-refractivity contribution is 6.60. The molecular formula is C22H29N5OSi. The first-order valence-electron chi connectivity index (χ1n) is 10.5. The molecule has 3 aromatic rings. The Kier molecular flexibility index (Phi) is 4.40. The van der Waals surface area contributed by atoms with Gasteiger partial charge in [0, 0.05) is 29.6 Å². The van der Waals surface area contributed by atoms with E-state index in [1.54, 1.807) is 0 Å². The Morgan fingerprint density at radius 2 is 2.10 bits per heavy atom. The number of hydrogen-bond donors (Lipinski definition) is 1. The van der Waals surface area contributed by atoms with Crippen LogP contribution in [0.15, 0.2) is 36.7 Å². The Morgan fingerprint density at radius 3 is 2.93 bits per heavy atom. The predicted octanol–water partition coefficient (Wildman–Crippen LogP) is 3.73. The first-order chi connectivity index (χ1) is 13.9. The van der Waals surface area contributed by atoms with Crippen molar-refractivity contribution < 1.29 is 4.74 Å². The largest absolute Gasteiger partial charge is 0.379 e. The summed E-state index contributed by atoms with van der Waals surface area (Å²) >= 11 is 0. The minimum atomic E-state index is -1.16. The van der Waals surface area contributed by atoms with Crippen LogP contribution in [0.25, 0.3) is 22.3 Å². The molecule has 2 unspecified atom stereocenters. The predicted molar refractivity (Wildman–Crippen MR) is 122 cm³/mol. The monoisotopic (exact) mass is 407 g/mol. The van der Waals surface area contributed by atoms with Crippen LogP contribution >= 0.6 is 0 Å².